The topological polar surface area (TPSA) is 32.9 Å². The van der Waals surface area contributed by atoms with Crippen LogP contribution in [0.4, 0.5) is 4.39 Å². The van der Waals surface area contributed by atoms with E-state index in [-0.39, 0.29) is 11.6 Å². The Morgan fingerprint density at radius 1 is 1.33 bits per heavy atom. The number of ketones is 1. The zero-order chi connectivity index (χ0) is 10.6. The summed E-state index contributed by atoms with van der Waals surface area (Å²) in [5.41, 5.74) is 3.41. The molecule has 2 aromatic rings. The molecule has 0 saturated heterocycles. The molecule has 3 heteroatoms. The second-order valence-corrected chi connectivity index (χ2v) is 4.05. The predicted molar refractivity (Wildman–Crippen MR) is 55.6 cm³/mol. The fourth-order valence-electron chi connectivity index (χ4n) is 2.35. The number of H-pyrrole nitrogens is 1. The van der Waals surface area contributed by atoms with Crippen molar-refractivity contribution in [1.82, 2.24) is 4.98 Å². The van der Waals surface area contributed by atoms with E-state index >= 15 is 0 Å². The van der Waals surface area contributed by atoms with Crippen molar-refractivity contribution in [2.45, 2.75) is 19.8 Å². The fourth-order valence-corrected chi connectivity index (χ4v) is 2.35. The minimum absolute atomic E-state index is 0.126. The largest absolute Gasteiger partial charge is 0.358 e. The average molecular weight is 203 g/mol. The molecule has 1 aromatic carbocycles. The highest BCUT2D eigenvalue weighted by Crippen LogP contribution is 2.31. The first-order valence-corrected chi connectivity index (χ1v) is 5.00. The van der Waals surface area contributed by atoms with Gasteiger partial charge in [0.25, 0.3) is 0 Å². The van der Waals surface area contributed by atoms with Crippen LogP contribution in [0.5, 0.6) is 0 Å². The van der Waals surface area contributed by atoms with Gasteiger partial charge >= 0.3 is 0 Å². The highest BCUT2D eigenvalue weighted by molar-refractivity contribution is 6.11. The maximum atomic E-state index is 13.2. The SMILES string of the molecule is Cc1cc(F)cc2c3c([nH]c12)CCC3=O. The molecule has 0 spiro atoms. The second kappa shape index (κ2) is 2.69. The van der Waals surface area contributed by atoms with Gasteiger partial charge in [-0.05, 0) is 31.0 Å². The number of hydrogen-bond donors (Lipinski definition) is 1. The minimum atomic E-state index is -0.276. The molecule has 15 heavy (non-hydrogen) atoms. The number of fused-ring (bicyclic) bond motifs is 3. The van der Waals surface area contributed by atoms with Crippen LogP contribution in [0.25, 0.3) is 10.9 Å². The summed E-state index contributed by atoms with van der Waals surface area (Å²) in [5, 5.41) is 0.741. The molecule has 0 unspecified atom stereocenters. The molecule has 0 bridgehead atoms. The fraction of sp³-hybridized carbons (Fsp3) is 0.250. The van der Waals surface area contributed by atoms with E-state index in [9.17, 15) is 9.18 Å². The van der Waals surface area contributed by atoms with Gasteiger partial charge in [0.1, 0.15) is 5.82 Å². The maximum Gasteiger partial charge on any atom is 0.165 e. The molecule has 1 aromatic heterocycles. The lowest BCUT2D eigenvalue weighted by molar-refractivity contribution is 0.0996. The summed E-state index contributed by atoms with van der Waals surface area (Å²) in [4.78, 5) is 14.8. The molecule has 1 aliphatic carbocycles. The summed E-state index contributed by atoms with van der Waals surface area (Å²) in [7, 11) is 0. The molecule has 1 aliphatic rings. The summed E-state index contributed by atoms with van der Waals surface area (Å²) in [5.74, 6) is -0.150. The number of carbonyl (C=O) groups excluding carboxylic acids is 1. The summed E-state index contributed by atoms with van der Waals surface area (Å²) >= 11 is 0. The third-order valence-corrected chi connectivity index (χ3v) is 3.03. The molecule has 0 amide bonds. The number of halogens is 1. The van der Waals surface area contributed by atoms with Gasteiger partial charge in [0.05, 0.1) is 0 Å². The molecule has 0 radical (unpaired) electrons. The Kier molecular flexibility index (Phi) is 1.55. The molecule has 1 heterocycles. The number of benzene rings is 1. The van der Waals surface area contributed by atoms with E-state index in [1.54, 1.807) is 0 Å². The summed E-state index contributed by atoms with van der Waals surface area (Å²) < 4.78 is 13.2. The van der Waals surface area contributed by atoms with Crippen molar-refractivity contribution in [2.75, 3.05) is 0 Å². The van der Waals surface area contributed by atoms with E-state index in [0.29, 0.717) is 12.0 Å². The van der Waals surface area contributed by atoms with Gasteiger partial charge in [0, 0.05) is 28.6 Å². The van der Waals surface area contributed by atoms with Crippen LogP contribution in [0.15, 0.2) is 12.1 Å². The van der Waals surface area contributed by atoms with Crippen molar-refractivity contribution in [3.8, 4) is 0 Å². The van der Waals surface area contributed by atoms with Crippen LogP contribution >= 0.6 is 0 Å². The standard InChI is InChI=1S/C12H10FNO/c1-6-4-7(13)5-8-11-9(14-12(6)8)2-3-10(11)15/h4-5,14H,2-3H2,1H3. The lowest BCUT2D eigenvalue weighted by atomic mass is 10.1. The molecule has 1 N–H and O–H groups in total. The van der Waals surface area contributed by atoms with Gasteiger partial charge in [-0.25, -0.2) is 4.39 Å². The number of nitrogens with one attached hydrogen (secondary N) is 1. The third-order valence-electron chi connectivity index (χ3n) is 3.03. The Balaban J connectivity index is 2.47. The third kappa shape index (κ3) is 1.06. The quantitative estimate of drug-likeness (QED) is 0.701. The highest BCUT2D eigenvalue weighted by atomic mass is 19.1. The van der Waals surface area contributed by atoms with Crippen LogP contribution in [0, 0.1) is 12.7 Å². The second-order valence-electron chi connectivity index (χ2n) is 4.05. The van der Waals surface area contributed by atoms with Gasteiger partial charge in [-0.1, -0.05) is 0 Å². The summed E-state index contributed by atoms with van der Waals surface area (Å²) in [6.45, 7) is 1.85. The van der Waals surface area contributed by atoms with Crippen molar-refractivity contribution >= 4 is 16.7 Å². The van der Waals surface area contributed by atoms with Crippen LogP contribution in [-0.2, 0) is 6.42 Å². The molecule has 0 atom stereocenters. The highest BCUT2D eigenvalue weighted by Gasteiger charge is 2.25. The van der Waals surface area contributed by atoms with Crippen LogP contribution in [0.3, 0.4) is 0 Å². The van der Waals surface area contributed by atoms with Gasteiger partial charge in [-0.2, -0.15) is 0 Å². The van der Waals surface area contributed by atoms with Crippen LogP contribution < -0.4 is 0 Å². The van der Waals surface area contributed by atoms with Gasteiger partial charge in [-0.3, -0.25) is 4.79 Å². The molecule has 0 saturated carbocycles. The molecule has 76 valence electrons. The van der Waals surface area contributed by atoms with Crippen LogP contribution in [0.2, 0.25) is 0 Å². The first-order chi connectivity index (χ1) is 7.16. The van der Waals surface area contributed by atoms with Crippen molar-refractivity contribution < 1.29 is 9.18 Å². The van der Waals surface area contributed by atoms with Crippen molar-refractivity contribution in [3.05, 3.63) is 34.8 Å². The zero-order valence-corrected chi connectivity index (χ0v) is 8.36. The minimum Gasteiger partial charge on any atom is -0.358 e. The smallest absolute Gasteiger partial charge is 0.165 e. The van der Waals surface area contributed by atoms with E-state index in [0.717, 1.165) is 28.6 Å². The van der Waals surface area contributed by atoms with Crippen molar-refractivity contribution in [1.29, 1.82) is 0 Å². The lowest BCUT2D eigenvalue weighted by Crippen LogP contribution is -1.91. The summed E-state index contributed by atoms with van der Waals surface area (Å²) in [6, 6.07) is 2.93. The van der Waals surface area contributed by atoms with Gasteiger partial charge in [-0.15, -0.1) is 0 Å². The number of hydrogen-bond acceptors (Lipinski definition) is 1. The summed E-state index contributed by atoms with van der Waals surface area (Å²) in [6.07, 6.45) is 1.30. The van der Waals surface area contributed by atoms with Crippen LogP contribution in [-0.4, -0.2) is 10.8 Å². The van der Waals surface area contributed by atoms with Crippen LogP contribution in [0.1, 0.15) is 28.0 Å². The van der Waals surface area contributed by atoms with Gasteiger partial charge in [0.2, 0.25) is 0 Å². The molecule has 3 rings (SSSR count). The molecular weight excluding hydrogens is 193 g/mol. The Morgan fingerprint density at radius 3 is 2.93 bits per heavy atom. The van der Waals surface area contributed by atoms with Gasteiger partial charge < -0.3 is 4.98 Å². The Morgan fingerprint density at radius 2 is 2.13 bits per heavy atom. The van der Waals surface area contributed by atoms with Crippen molar-refractivity contribution in [2.24, 2.45) is 0 Å². The van der Waals surface area contributed by atoms with E-state index in [2.05, 4.69) is 4.98 Å². The number of carbonyl (C=O) groups is 1. The molecule has 2 nitrogen and oxygen atoms in total. The number of rotatable bonds is 0. The van der Waals surface area contributed by atoms with E-state index in [1.807, 2.05) is 6.92 Å². The Bertz CT molecular complexity index is 583. The van der Waals surface area contributed by atoms with E-state index < -0.39 is 0 Å². The monoisotopic (exact) mass is 203 g/mol. The Labute approximate surface area is 86.1 Å². The zero-order valence-electron chi connectivity index (χ0n) is 8.36. The molecular formula is C12H10FNO. The van der Waals surface area contributed by atoms with E-state index in [4.69, 9.17) is 0 Å². The first-order valence-electron chi connectivity index (χ1n) is 5.00. The van der Waals surface area contributed by atoms with Crippen molar-refractivity contribution in [3.63, 3.8) is 0 Å². The number of Topliss-reactive ketones (excluding diaryl/α,β-unsaturated/α-hetero) is 1. The first kappa shape index (κ1) is 8.65. The van der Waals surface area contributed by atoms with Gasteiger partial charge in [0.15, 0.2) is 5.78 Å². The number of aromatic amines is 1. The average Bonchev–Trinajstić information content (AvgIpc) is 2.68. The molecule has 0 aliphatic heterocycles. The lowest BCUT2D eigenvalue weighted by Gasteiger charge is -1.98. The molecule has 0 fully saturated rings. The maximum absolute atomic E-state index is 13.2. The normalized spacial score (nSPS) is 14.9. The van der Waals surface area contributed by atoms with E-state index in [1.165, 1.54) is 12.1 Å². The Hall–Kier alpha value is -1.64. The number of aromatic nitrogens is 1. The number of aryl methyl sites for hydroxylation is 2. The predicted octanol–water partition coefficient (Wildman–Crippen LogP) is 2.74.